The van der Waals surface area contributed by atoms with E-state index in [9.17, 15) is 20.2 Å². The molecule has 128 valence electrons. The molecule has 0 saturated carbocycles. The van der Waals surface area contributed by atoms with Crippen molar-refractivity contribution in [3.05, 3.63) is 61.9 Å². The second kappa shape index (κ2) is 6.64. The van der Waals surface area contributed by atoms with Crippen LogP contribution in [0.3, 0.4) is 0 Å². The van der Waals surface area contributed by atoms with Gasteiger partial charge < -0.3 is 14.6 Å². The molecule has 10 heteroatoms. The summed E-state index contributed by atoms with van der Waals surface area (Å²) < 4.78 is 1.71. The van der Waals surface area contributed by atoms with Gasteiger partial charge in [0.05, 0.1) is 15.5 Å². The summed E-state index contributed by atoms with van der Waals surface area (Å²) in [5, 5.41) is 30.3. The van der Waals surface area contributed by atoms with Crippen LogP contribution >= 0.6 is 23.2 Å². The van der Waals surface area contributed by atoms with Crippen molar-refractivity contribution in [2.24, 2.45) is 0 Å². The Morgan fingerprint density at radius 3 is 2.64 bits per heavy atom. The molecule has 2 N–H and O–H groups in total. The van der Waals surface area contributed by atoms with E-state index in [0.29, 0.717) is 22.4 Å². The van der Waals surface area contributed by atoms with E-state index in [1.54, 1.807) is 35.8 Å². The molecule has 7 nitrogen and oxygen atoms in total. The molecule has 2 aromatic carbocycles. The summed E-state index contributed by atoms with van der Waals surface area (Å²) in [6.45, 7) is 1.94. The lowest BCUT2D eigenvalue weighted by molar-refractivity contribution is -0.383. The summed E-state index contributed by atoms with van der Waals surface area (Å²) in [5.41, 5.74) is 1.23. The molecule has 0 unspecified atom stereocenters. The zero-order valence-corrected chi connectivity index (χ0v) is 14.5. The van der Waals surface area contributed by atoms with Crippen LogP contribution in [0.2, 0.25) is 10.0 Å². The maximum absolute atomic E-state index is 11.4. The SMILES string of the molecule is Cc1nc2c([N+](=O)[O-])c(Cl)c(Cl)cc2n1Cc1ccccc1B(O)O. The lowest BCUT2D eigenvalue weighted by Crippen LogP contribution is -2.33. The average molecular weight is 380 g/mol. The molecule has 25 heavy (non-hydrogen) atoms. The Labute approximate surface area is 152 Å². The second-order valence-electron chi connectivity index (χ2n) is 5.46. The van der Waals surface area contributed by atoms with Crippen molar-refractivity contribution in [2.75, 3.05) is 0 Å². The number of nitro groups is 1. The molecule has 0 aliphatic carbocycles. The number of imidazole rings is 1. The van der Waals surface area contributed by atoms with Crippen molar-refractivity contribution in [1.29, 1.82) is 0 Å². The number of aromatic nitrogens is 2. The van der Waals surface area contributed by atoms with Gasteiger partial charge in [-0.1, -0.05) is 47.5 Å². The highest BCUT2D eigenvalue weighted by molar-refractivity contribution is 6.59. The summed E-state index contributed by atoms with van der Waals surface area (Å²) in [7, 11) is -1.63. The van der Waals surface area contributed by atoms with Gasteiger partial charge in [-0.2, -0.15) is 0 Å². The van der Waals surface area contributed by atoms with Crippen LogP contribution in [0.25, 0.3) is 11.0 Å². The Bertz CT molecular complexity index is 991. The van der Waals surface area contributed by atoms with Crippen molar-refractivity contribution in [1.82, 2.24) is 9.55 Å². The molecule has 0 amide bonds. The molecule has 1 heterocycles. The third-order valence-electron chi connectivity index (χ3n) is 3.95. The molecule has 0 fully saturated rings. The van der Waals surface area contributed by atoms with E-state index < -0.39 is 12.0 Å². The largest absolute Gasteiger partial charge is 0.488 e. The summed E-state index contributed by atoms with van der Waals surface area (Å²) >= 11 is 12.0. The summed E-state index contributed by atoms with van der Waals surface area (Å²) in [6, 6.07) is 8.32. The standard InChI is InChI=1S/C15H12BCl2N3O4/c1-8-19-14-12(6-11(17)13(18)15(14)21(24)25)20(8)7-9-4-2-3-5-10(9)16(22)23/h2-6,22-23H,7H2,1H3. The molecule has 0 bridgehead atoms. The molecule has 3 rings (SSSR count). The zero-order valence-electron chi connectivity index (χ0n) is 13.0. The Morgan fingerprint density at radius 1 is 1.32 bits per heavy atom. The van der Waals surface area contributed by atoms with E-state index in [-0.39, 0.29) is 27.8 Å². The summed E-state index contributed by atoms with van der Waals surface area (Å²) in [6.07, 6.45) is 0. The Morgan fingerprint density at radius 2 is 2.00 bits per heavy atom. The monoisotopic (exact) mass is 379 g/mol. The molecule has 0 atom stereocenters. The third-order valence-corrected chi connectivity index (χ3v) is 4.72. The molecule has 1 aromatic heterocycles. The zero-order chi connectivity index (χ0) is 18.3. The van der Waals surface area contributed by atoms with Crippen LogP contribution in [0.5, 0.6) is 0 Å². The van der Waals surface area contributed by atoms with Crippen molar-refractivity contribution >= 4 is 52.5 Å². The van der Waals surface area contributed by atoms with Gasteiger partial charge in [0, 0.05) is 6.54 Å². The highest BCUT2D eigenvalue weighted by atomic mass is 35.5. The van der Waals surface area contributed by atoms with Crippen LogP contribution in [-0.4, -0.2) is 31.6 Å². The number of aryl methyl sites for hydroxylation is 1. The van der Waals surface area contributed by atoms with E-state index in [1.165, 1.54) is 6.07 Å². The number of nitro benzene ring substituents is 1. The summed E-state index contributed by atoms with van der Waals surface area (Å²) in [5.74, 6) is 0.513. The first kappa shape index (κ1) is 17.7. The number of fused-ring (bicyclic) bond motifs is 1. The van der Waals surface area contributed by atoms with Crippen LogP contribution in [0.4, 0.5) is 5.69 Å². The number of hydrogen-bond donors (Lipinski definition) is 2. The van der Waals surface area contributed by atoms with Gasteiger partial charge in [-0.15, -0.1) is 0 Å². The van der Waals surface area contributed by atoms with Crippen molar-refractivity contribution in [2.45, 2.75) is 13.5 Å². The first-order chi connectivity index (χ1) is 11.8. The minimum absolute atomic E-state index is 0.0532. The lowest BCUT2D eigenvalue weighted by atomic mass is 9.77. The van der Waals surface area contributed by atoms with Gasteiger partial charge in [-0.05, 0) is 24.0 Å². The fourth-order valence-corrected chi connectivity index (χ4v) is 3.18. The highest BCUT2D eigenvalue weighted by Crippen LogP contribution is 2.38. The van der Waals surface area contributed by atoms with E-state index in [0.717, 1.165) is 0 Å². The molecular weight excluding hydrogens is 368 g/mol. The minimum Gasteiger partial charge on any atom is -0.423 e. The van der Waals surface area contributed by atoms with Crippen LogP contribution in [0.15, 0.2) is 30.3 Å². The molecule has 0 aliphatic rings. The number of hydrogen-bond acceptors (Lipinski definition) is 5. The number of halogens is 2. The smallest absolute Gasteiger partial charge is 0.423 e. The van der Waals surface area contributed by atoms with E-state index >= 15 is 0 Å². The predicted molar refractivity (Wildman–Crippen MR) is 96.5 cm³/mol. The van der Waals surface area contributed by atoms with Gasteiger partial charge in [0.25, 0.3) is 0 Å². The van der Waals surface area contributed by atoms with Crippen LogP contribution in [0, 0.1) is 17.0 Å². The van der Waals surface area contributed by atoms with Gasteiger partial charge in [0.15, 0.2) is 5.52 Å². The number of rotatable bonds is 4. The van der Waals surface area contributed by atoms with Gasteiger partial charge in [-0.25, -0.2) is 4.98 Å². The second-order valence-corrected chi connectivity index (χ2v) is 6.25. The Kier molecular flexibility index (Phi) is 4.70. The normalized spacial score (nSPS) is 11.1. The van der Waals surface area contributed by atoms with Crippen LogP contribution < -0.4 is 5.46 Å². The first-order valence-corrected chi connectivity index (χ1v) is 8.00. The molecule has 3 aromatic rings. The van der Waals surface area contributed by atoms with Crippen molar-refractivity contribution in [3.8, 4) is 0 Å². The number of benzene rings is 2. The van der Waals surface area contributed by atoms with Gasteiger partial charge in [0.1, 0.15) is 10.8 Å². The molecule has 0 saturated heterocycles. The Hall–Kier alpha value is -2.13. The quantitative estimate of drug-likeness (QED) is 0.411. The topological polar surface area (TPSA) is 101 Å². The van der Waals surface area contributed by atoms with Crippen molar-refractivity contribution in [3.63, 3.8) is 0 Å². The molecule has 0 spiro atoms. The molecular formula is C15H12BCl2N3O4. The van der Waals surface area contributed by atoms with E-state index in [2.05, 4.69) is 4.98 Å². The molecule has 0 radical (unpaired) electrons. The maximum atomic E-state index is 11.4. The fourth-order valence-electron chi connectivity index (χ4n) is 2.77. The summed E-state index contributed by atoms with van der Waals surface area (Å²) in [4.78, 5) is 15.0. The maximum Gasteiger partial charge on any atom is 0.488 e. The van der Waals surface area contributed by atoms with Crippen molar-refractivity contribution < 1.29 is 15.0 Å². The van der Waals surface area contributed by atoms with Crippen LogP contribution in [-0.2, 0) is 6.54 Å². The fraction of sp³-hybridized carbons (Fsp3) is 0.133. The van der Waals surface area contributed by atoms with Gasteiger partial charge in [0.2, 0.25) is 0 Å². The minimum atomic E-state index is -1.63. The number of nitrogens with zero attached hydrogens (tertiary/aromatic N) is 3. The van der Waals surface area contributed by atoms with E-state index in [1.807, 2.05) is 0 Å². The average Bonchev–Trinajstić information content (AvgIpc) is 2.84. The lowest BCUT2D eigenvalue weighted by Gasteiger charge is -2.12. The van der Waals surface area contributed by atoms with Gasteiger partial charge in [-0.3, -0.25) is 10.1 Å². The predicted octanol–water partition coefficient (Wildman–Crippen LogP) is 2.29. The first-order valence-electron chi connectivity index (χ1n) is 7.24. The van der Waals surface area contributed by atoms with Gasteiger partial charge >= 0.3 is 12.8 Å². The Balaban J connectivity index is 2.22. The molecule has 0 aliphatic heterocycles. The third kappa shape index (κ3) is 3.09. The van der Waals surface area contributed by atoms with Crippen LogP contribution in [0.1, 0.15) is 11.4 Å². The van der Waals surface area contributed by atoms with E-state index in [4.69, 9.17) is 23.2 Å². The highest BCUT2D eigenvalue weighted by Gasteiger charge is 2.26.